The molecule has 21 heavy (non-hydrogen) atoms. The minimum atomic E-state index is -0.248. The number of carbonyl (C=O) groups excluding carboxylic acids is 1. The lowest BCUT2D eigenvalue weighted by Gasteiger charge is -2.33. The summed E-state index contributed by atoms with van der Waals surface area (Å²) in [5, 5.41) is 8.98. The number of aromatic nitrogens is 2. The molecule has 2 fully saturated rings. The van der Waals surface area contributed by atoms with Crippen molar-refractivity contribution in [2.45, 2.75) is 31.3 Å². The first-order chi connectivity index (χ1) is 10.3. The summed E-state index contributed by atoms with van der Waals surface area (Å²) in [6.45, 7) is 2.00. The molecule has 2 aromatic heterocycles. The van der Waals surface area contributed by atoms with Gasteiger partial charge in [0.2, 0.25) is 11.8 Å². The third-order valence-electron chi connectivity index (χ3n) is 3.88. The first-order valence-corrected chi connectivity index (χ1v) is 8.07. The molecule has 110 valence electrons. The number of nitrogens with zero attached hydrogens (tertiary/aromatic N) is 3. The van der Waals surface area contributed by atoms with Gasteiger partial charge < -0.3 is 9.84 Å². The minimum Gasteiger partial charge on any atom is -0.353 e. The molecule has 6 nitrogen and oxygen atoms in total. The number of nitrogens with one attached hydrogen (secondary N) is 1. The fourth-order valence-electron chi connectivity index (χ4n) is 2.65. The van der Waals surface area contributed by atoms with Gasteiger partial charge in [0.15, 0.2) is 5.82 Å². The summed E-state index contributed by atoms with van der Waals surface area (Å²) >= 11 is 1.60. The predicted octanol–water partition coefficient (Wildman–Crippen LogP) is 1.68. The Labute approximate surface area is 126 Å². The van der Waals surface area contributed by atoms with E-state index in [2.05, 4.69) is 20.4 Å². The van der Waals surface area contributed by atoms with Crippen molar-refractivity contribution < 1.29 is 9.32 Å². The third-order valence-corrected chi connectivity index (χ3v) is 4.80. The molecule has 1 saturated carbocycles. The van der Waals surface area contributed by atoms with Crippen LogP contribution in [-0.2, 0) is 11.3 Å². The SMILES string of the molecule is O=C1NCCN(Cc2noc(C3CC3)n2)[C@H]1c1cccs1. The molecule has 1 amide bonds. The van der Waals surface area contributed by atoms with Crippen LogP contribution in [0.3, 0.4) is 0 Å². The van der Waals surface area contributed by atoms with Crippen LogP contribution in [0.4, 0.5) is 0 Å². The molecule has 0 radical (unpaired) electrons. The van der Waals surface area contributed by atoms with Crippen molar-refractivity contribution in [1.29, 1.82) is 0 Å². The van der Waals surface area contributed by atoms with E-state index in [9.17, 15) is 4.79 Å². The van der Waals surface area contributed by atoms with Gasteiger partial charge in [0.25, 0.3) is 0 Å². The van der Waals surface area contributed by atoms with Gasteiger partial charge in [0.05, 0.1) is 6.54 Å². The summed E-state index contributed by atoms with van der Waals surface area (Å²) in [6, 6.07) is 3.72. The average Bonchev–Trinajstić information content (AvgIpc) is 2.99. The highest BCUT2D eigenvalue weighted by atomic mass is 32.1. The quantitative estimate of drug-likeness (QED) is 0.930. The molecule has 1 aliphatic heterocycles. The minimum absolute atomic E-state index is 0.0506. The van der Waals surface area contributed by atoms with E-state index >= 15 is 0 Å². The van der Waals surface area contributed by atoms with Crippen LogP contribution >= 0.6 is 11.3 Å². The van der Waals surface area contributed by atoms with Crippen molar-refractivity contribution in [3.8, 4) is 0 Å². The van der Waals surface area contributed by atoms with E-state index in [1.54, 1.807) is 11.3 Å². The van der Waals surface area contributed by atoms with E-state index in [1.807, 2.05) is 17.5 Å². The first kappa shape index (κ1) is 13.0. The van der Waals surface area contributed by atoms with Crippen LogP contribution in [0.25, 0.3) is 0 Å². The Morgan fingerprint density at radius 3 is 3.14 bits per heavy atom. The van der Waals surface area contributed by atoms with Gasteiger partial charge in [-0.25, -0.2) is 0 Å². The number of carbonyl (C=O) groups is 1. The van der Waals surface area contributed by atoms with Crippen LogP contribution in [-0.4, -0.2) is 34.0 Å². The zero-order chi connectivity index (χ0) is 14.2. The zero-order valence-corrected chi connectivity index (χ0v) is 12.3. The summed E-state index contributed by atoms with van der Waals surface area (Å²) in [4.78, 5) is 19.8. The van der Waals surface area contributed by atoms with Crippen molar-refractivity contribution in [1.82, 2.24) is 20.4 Å². The fourth-order valence-corrected chi connectivity index (χ4v) is 3.51. The van der Waals surface area contributed by atoms with E-state index in [-0.39, 0.29) is 11.9 Å². The molecule has 1 N–H and O–H groups in total. The number of amides is 1. The zero-order valence-electron chi connectivity index (χ0n) is 11.5. The third kappa shape index (κ3) is 2.58. The Bertz CT molecular complexity index is 635. The number of rotatable bonds is 4. The van der Waals surface area contributed by atoms with Gasteiger partial charge >= 0.3 is 0 Å². The summed E-state index contributed by atoms with van der Waals surface area (Å²) in [7, 11) is 0. The monoisotopic (exact) mass is 304 g/mol. The maximum atomic E-state index is 12.2. The maximum absolute atomic E-state index is 12.2. The Balaban J connectivity index is 1.54. The van der Waals surface area contributed by atoms with E-state index in [4.69, 9.17) is 4.52 Å². The molecule has 1 atom stereocenters. The van der Waals surface area contributed by atoms with Gasteiger partial charge in [-0.05, 0) is 24.3 Å². The van der Waals surface area contributed by atoms with Crippen molar-refractivity contribution >= 4 is 17.2 Å². The number of piperazine rings is 1. The van der Waals surface area contributed by atoms with E-state index in [0.717, 1.165) is 30.2 Å². The second-order valence-corrected chi connectivity index (χ2v) is 6.48. The van der Waals surface area contributed by atoms with Gasteiger partial charge in [0, 0.05) is 23.9 Å². The highest BCUT2D eigenvalue weighted by Crippen LogP contribution is 2.39. The normalized spacial score (nSPS) is 23.2. The molecule has 0 bridgehead atoms. The largest absolute Gasteiger partial charge is 0.353 e. The summed E-state index contributed by atoms with van der Waals surface area (Å²) in [5.41, 5.74) is 0. The van der Waals surface area contributed by atoms with Gasteiger partial charge in [-0.15, -0.1) is 11.3 Å². The van der Waals surface area contributed by atoms with Crippen LogP contribution < -0.4 is 5.32 Å². The van der Waals surface area contributed by atoms with Crippen LogP contribution in [0.1, 0.15) is 41.4 Å². The van der Waals surface area contributed by atoms with Crippen LogP contribution in [0.5, 0.6) is 0 Å². The number of hydrogen-bond acceptors (Lipinski definition) is 6. The number of hydrogen-bond donors (Lipinski definition) is 1. The van der Waals surface area contributed by atoms with Crippen LogP contribution in [0.15, 0.2) is 22.0 Å². The summed E-state index contributed by atoms with van der Waals surface area (Å²) in [5.74, 6) is 1.94. The summed E-state index contributed by atoms with van der Waals surface area (Å²) in [6.07, 6.45) is 2.29. The van der Waals surface area contributed by atoms with Crippen molar-refractivity contribution in [3.63, 3.8) is 0 Å². The van der Waals surface area contributed by atoms with Gasteiger partial charge in [-0.1, -0.05) is 11.2 Å². The first-order valence-electron chi connectivity index (χ1n) is 7.19. The fraction of sp³-hybridized carbons (Fsp3) is 0.500. The standard InChI is InChI=1S/C14H16N4O2S/c19-13-12(10-2-1-7-21-10)18(6-5-15-13)8-11-16-14(20-17-11)9-3-4-9/h1-2,7,9,12H,3-6,8H2,(H,15,19)/t12-/m0/s1. The average molecular weight is 304 g/mol. The molecule has 0 unspecified atom stereocenters. The van der Waals surface area contributed by atoms with E-state index < -0.39 is 0 Å². The highest BCUT2D eigenvalue weighted by molar-refractivity contribution is 7.10. The molecule has 2 aliphatic rings. The lowest BCUT2D eigenvalue weighted by Crippen LogP contribution is -2.49. The molecule has 3 heterocycles. The van der Waals surface area contributed by atoms with Crippen LogP contribution in [0.2, 0.25) is 0 Å². The lowest BCUT2D eigenvalue weighted by atomic mass is 10.1. The molecule has 7 heteroatoms. The molecule has 2 aromatic rings. The Morgan fingerprint density at radius 1 is 1.48 bits per heavy atom. The predicted molar refractivity (Wildman–Crippen MR) is 76.8 cm³/mol. The van der Waals surface area contributed by atoms with Crippen molar-refractivity contribution in [3.05, 3.63) is 34.1 Å². The Morgan fingerprint density at radius 2 is 2.38 bits per heavy atom. The van der Waals surface area contributed by atoms with Gasteiger partial charge in [0.1, 0.15) is 6.04 Å². The maximum Gasteiger partial charge on any atom is 0.242 e. The summed E-state index contributed by atoms with van der Waals surface area (Å²) < 4.78 is 5.30. The highest BCUT2D eigenvalue weighted by Gasteiger charge is 2.34. The van der Waals surface area contributed by atoms with Gasteiger partial charge in [-0.3, -0.25) is 9.69 Å². The van der Waals surface area contributed by atoms with Gasteiger partial charge in [-0.2, -0.15) is 4.98 Å². The topological polar surface area (TPSA) is 71.3 Å². The molecule has 1 saturated heterocycles. The Kier molecular flexibility index (Phi) is 3.23. The lowest BCUT2D eigenvalue weighted by molar-refractivity contribution is -0.129. The van der Waals surface area contributed by atoms with Crippen LogP contribution in [0, 0.1) is 0 Å². The molecule has 0 spiro atoms. The van der Waals surface area contributed by atoms with E-state index in [1.165, 1.54) is 0 Å². The molecule has 1 aliphatic carbocycles. The van der Waals surface area contributed by atoms with Crippen molar-refractivity contribution in [2.75, 3.05) is 13.1 Å². The molecule has 0 aromatic carbocycles. The molecular weight excluding hydrogens is 288 g/mol. The molecular formula is C14H16N4O2S. The number of thiophene rings is 1. The second-order valence-electron chi connectivity index (χ2n) is 5.50. The Hall–Kier alpha value is -1.73. The van der Waals surface area contributed by atoms with Crippen molar-refractivity contribution in [2.24, 2.45) is 0 Å². The molecule has 4 rings (SSSR count). The van der Waals surface area contributed by atoms with E-state index in [0.29, 0.717) is 24.8 Å². The smallest absolute Gasteiger partial charge is 0.242 e. The second kappa shape index (κ2) is 5.23.